The maximum absolute atomic E-state index is 14.0. The molecule has 5 aromatic rings. The van der Waals surface area contributed by atoms with E-state index >= 15 is 0 Å². The van der Waals surface area contributed by atoms with E-state index in [4.69, 9.17) is 9.97 Å². The van der Waals surface area contributed by atoms with Crippen LogP contribution in [0.3, 0.4) is 0 Å². The minimum Gasteiger partial charge on any atom is -0.319 e. The molecule has 3 aromatic carbocycles. The van der Waals surface area contributed by atoms with Gasteiger partial charge in [0.15, 0.2) is 5.65 Å². The van der Waals surface area contributed by atoms with Crippen molar-refractivity contribution in [3.05, 3.63) is 83.7 Å². The third-order valence-electron chi connectivity index (χ3n) is 5.47. The number of para-hydroxylation sites is 2. The van der Waals surface area contributed by atoms with Crippen LogP contribution in [0.2, 0.25) is 0 Å². The summed E-state index contributed by atoms with van der Waals surface area (Å²) in [5.41, 5.74) is 6.72. The number of fused-ring (bicyclic) bond motifs is 4. The van der Waals surface area contributed by atoms with Gasteiger partial charge in [-0.15, -0.1) is 0 Å². The lowest BCUT2D eigenvalue weighted by molar-refractivity contribution is 0.590. The molecule has 0 aliphatic carbocycles. The summed E-state index contributed by atoms with van der Waals surface area (Å²) in [6, 6.07) is 21.4. The van der Waals surface area contributed by atoms with E-state index in [1.807, 2.05) is 30.3 Å². The molecule has 29 heavy (non-hydrogen) atoms. The van der Waals surface area contributed by atoms with Gasteiger partial charge in [0.2, 0.25) is 0 Å². The molecule has 0 aliphatic rings. The Morgan fingerprint density at radius 3 is 2.24 bits per heavy atom. The lowest BCUT2D eigenvalue weighted by Crippen LogP contribution is -2.11. The van der Waals surface area contributed by atoms with Crippen LogP contribution < -0.4 is 0 Å². The minimum atomic E-state index is -0.263. The van der Waals surface area contributed by atoms with Crippen molar-refractivity contribution >= 4 is 33.1 Å². The normalized spacial score (nSPS) is 12.3. The second-order valence-corrected chi connectivity index (χ2v) is 8.58. The van der Waals surface area contributed by atoms with Gasteiger partial charge in [0.25, 0.3) is 0 Å². The maximum Gasteiger partial charge on any atom is 0.160 e. The third kappa shape index (κ3) is 3.05. The van der Waals surface area contributed by atoms with Crippen molar-refractivity contribution in [2.24, 2.45) is 0 Å². The van der Waals surface area contributed by atoms with Gasteiger partial charge in [-0.25, -0.2) is 14.4 Å². The lowest BCUT2D eigenvalue weighted by atomic mass is 9.87. The molecule has 2 aromatic heterocycles. The molecule has 0 atom stereocenters. The number of rotatable bonds is 2. The molecule has 0 unspecified atom stereocenters. The van der Waals surface area contributed by atoms with E-state index < -0.39 is 0 Å². The highest BCUT2D eigenvalue weighted by molar-refractivity contribution is 6.06. The molecule has 144 valence electrons. The van der Waals surface area contributed by atoms with Crippen LogP contribution in [0.4, 0.5) is 4.39 Å². The van der Waals surface area contributed by atoms with Gasteiger partial charge in [-0.05, 0) is 46.9 Å². The van der Waals surface area contributed by atoms with E-state index in [9.17, 15) is 4.39 Å². The van der Waals surface area contributed by atoms with Crippen LogP contribution in [0.5, 0.6) is 0 Å². The van der Waals surface area contributed by atoms with Gasteiger partial charge in [0.1, 0.15) is 11.3 Å². The smallest absolute Gasteiger partial charge is 0.160 e. The number of hydrogen-bond donors (Lipinski definition) is 0. The molecule has 2 heterocycles. The van der Waals surface area contributed by atoms with Crippen molar-refractivity contribution in [3.63, 3.8) is 0 Å². The largest absolute Gasteiger partial charge is 0.319 e. The van der Waals surface area contributed by atoms with Crippen molar-refractivity contribution in [1.29, 1.82) is 0 Å². The van der Waals surface area contributed by atoms with Crippen LogP contribution in [-0.2, 0) is 12.0 Å². The fourth-order valence-corrected chi connectivity index (χ4v) is 3.86. The first-order valence-electron chi connectivity index (χ1n) is 9.84. The van der Waals surface area contributed by atoms with Crippen LogP contribution in [0.25, 0.3) is 33.1 Å². The molecule has 0 N–H and O–H groups in total. The minimum absolute atomic E-state index is 0.118. The Morgan fingerprint density at radius 2 is 1.55 bits per heavy atom. The molecule has 0 bridgehead atoms. The van der Waals surface area contributed by atoms with Crippen LogP contribution in [0.15, 0.2) is 66.7 Å². The molecular weight excluding hydrogens is 361 g/mol. The fraction of sp³-hybridized carbons (Fsp3) is 0.200. The molecule has 0 fully saturated rings. The van der Waals surface area contributed by atoms with E-state index in [1.165, 1.54) is 17.2 Å². The van der Waals surface area contributed by atoms with Crippen LogP contribution in [0.1, 0.15) is 31.9 Å². The number of aromatic nitrogens is 3. The summed E-state index contributed by atoms with van der Waals surface area (Å²) in [6.07, 6.45) is 0. The Labute approximate surface area is 168 Å². The summed E-state index contributed by atoms with van der Waals surface area (Å²) < 4.78 is 16.1. The Kier molecular flexibility index (Phi) is 3.91. The summed E-state index contributed by atoms with van der Waals surface area (Å²) in [4.78, 5) is 9.68. The predicted octanol–water partition coefficient (Wildman–Crippen LogP) is 6.22. The van der Waals surface area contributed by atoms with E-state index in [0.717, 1.165) is 33.1 Å². The predicted molar refractivity (Wildman–Crippen MR) is 117 cm³/mol. The molecule has 0 saturated carbocycles. The average molecular weight is 383 g/mol. The van der Waals surface area contributed by atoms with Gasteiger partial charge in [-0.1, -0.05) is 57.2 Å². The van der Waals surface area contributed by atoms with Crippen molar-refractivity contribution in [2.75, 3.05) is 0 Å². The van der Waals surface area contributed by atoms with Gasteiger partial charge in [-0.3, -0.25) is 0 Å². The first-order chi connectivity index (χ1) is 13.9. The van der Waals surface area contributed by atoms with Gasteiger partial charge in [0, 0.05) is 11.9 Å². The molecule has 3 nitrogen and oxygen atoms in total. The maximum atomic E-state index is 14.0. The summed E-state index contributed by atoms with van der Waals surface area (Å²) >= 11 is 0. The van der Waals surface area contributed by atoms with Crippen molar-refractivity contribution in [2.45, 2.75) is 32.7 Å². The zero-order chi connectivity index (χ0) is 20.2. The highest BCUT2D eigenvalue weighted by Crippen LogP contribution is 2.30. The molecule has 5 rings (SSSR count). The van der Waals surface area contributed by atoms with Crippen molar-refractivity contribution in [1.82, 2.24) is 14.5 Å². The number of benzene rings is 3. The first-order valence-corrected chi connectivity index (χ1v) is 9.84. The van der Waals surface area contributed by atoms with Gasteiger partial charge < -0.3 is 4.57 Å². The van der Waals surface area contributed by atoms with Crippen LogP contribution in [0, 0.1) is 5.82 Å². The Hall–Kier alpha value is -3.27. The monoisotopic (exact) mass is 383 g/mol. The molecular formula is C25H22FN3. The summed E-state index contributed by atoms with van der Waals surface area (Å²) in [5.74, 6) is -0.263. The highest BCUT2D eigenvalue weighted by Gasteiger charge is 2.17. The zero-order valence-electron chi connectivity index (χ0n) is 16.8. The van der Waals surface area contributed by atoms with E-state index in [-0.39, 0.29) is 11.2 Å². The quantitative estimate of drug-likeness (QED) is 0.362. The van der Waals surface area contributed by atoms with Crippen LogP contribution in [-0.4, -0.2) is 14.5 Å². The van der Waals surface area contributed by atoms with Gasteiger partial charge in [0.05, 0.1) is 16.6 Å². The molecule has 0 amide bonds. The standard InChI is InChI=1S/C25H22FN3/c1-25(2,3)17-10-8-16(9-11-17)15-29-22-13-12-18(26)14-19(22)23-24(29)28-21-7-5-4-6-20(21)27-23/h4-14H,15H2,1-3H3. The van der Waals surface area contributed by atoms with E-state index in [0.29, 0.717) is 6.54 Å². The zero-order valence-corrected chi connectivity index (χ0v) is 16.8. The van der Waals surface area contributed by atoms with Gasteiger partial charge >= 0.3 is 0 Å². The molecule has 0 radical (unpaired) electrons. The molecule has 0 spiro atoms. The Balaban J connectivity index is 1.72. The number of hydrogen-bond acceptors (Lipinski definition) is 2. The summed E-state index contributed by atoms with van der Waals surface area (Å²) in [6.45, 7) is 7.29. The first kappa shape index (κ1) is 17.8. The molecule has 0 saturated heterocycles. The fourth-order valence-electron chi connectivity index (χ4n) is 3.86. The van der Waals surface area contributed by atoms with Crippen molar-refractivity contribution < 1.29 is 4.39 Å². The number of halogens is 1. The lowest BCUT2D eigenvalue weighted by Gasteiger charge is -2.19. The molecule has 0 aliphatic heterocycles. The second kappa shape index (κ2) is 6.38. The highest BCUT2D eigenvalue weighted by atomic mass is 19.1. The number of nitrogens with zero attached hydrogens (tertiary/aromatic N) is 3. The second-order valence-electron chi connectivity index (χ2n) is 8.58. The third-order valence-corrected chi connectivity index (χ3v) is 5.47. The topological polar surface area (TPSA) is 30.7 Å². The van der Waals surface area contributed by atoms with Gasteiger partial charge in [-0.2, -0.15) is 0 Å². The Bertz CT molecular complexity index is 1360. The summed E-state index contributed by atoms with van der Waals surface area (Å²) in [5, 5.41) is 0.796. The summed E-state index contributed by atoms with van der Waals surface area (Å²) in [7, 11) is 0. The van der Waals surface area contributed by atoms with Crippen molar-refractivity contribution in [3.8, 4) is 0 Å². The van der Waals surface area contributed by atoms with E-state index in [2.05, 4.69) is 49.6 Å². The van der Waals surface area contributed by atoms with Crippen LogP contribution >= 0.6 is 0 Å². The van der Waals surface area contributed by atoms with E-state index in [1.54, 1.807) is 6.07 Å². The molecule has 4 heteroatoms. The SMILES string of the molecule is CC(C)(C)c1ccc(Cn2c3ccc(F)cc3c3nc4ccccc4nc32)cc1. The average Bonchev–Trinajstić information content (AvgIpc) is 2.98. The Morgan fingerprint density at radius 1 is 0.862 bits per heavy atom.